The third-order valence-corrected chi connectivity index (χ3v) is 11.3. The molecule has 224 valence electrons. The van der Waals surface area contributed by atoms with Gasteiger partial charge in [-0.2, -0.15) is 0 Å². The number of likely N-dealkylation sites (tertiary alicyclic amines) is 1. The summed E-state index contributed by atoms with van der Waals surface area (Å²) in [6.07, 6.45) is -2.54. The van der Waals surface area contributed by atoms with Gasteiger partial charge in [-0.05, 0) is 21.5 Å². The zero-order valence-electron chi connectivity index (χ0n) is 23.4. The number of β-lactam (4-membered cyclic amide) rings is 1. The third-order valence-electron chi connectivity index (χ3n) is 7.08. The summed E-state index contributed by atoms with van der Waals surface area (Å²) in [5.74, 6) is -3.34. The molecule has 1 aliphatic rings. The van der Waals surface area contributed by atoms with Gasteiger partial charge >= 0.3 is 18.0 Å². The maximum absolute atomic E-state index is 13.9. The second-order valence-corrected chi connectivity index (χ2v) is 13.1. The number of esters is 1. The van der Waals surface area contributed by atoms with Crippen molar-refractivity contribution in [3.63, 3.8) is 0 Å². The number of amides is 2. The predicted molar refractivity (Wildman–Crippen MR) is 165 cm³/mol. The van der Waals surface area contributed by atoms with Gasteiger partial charge in [-0.1, -0.05) is 121 Å². The molecule has 0 bridgehead atoms. The fraction of sp³-hybridized carbons (Fsp3) is 0.121. The van der Waals surface area contributed by atoms with Gasteiger partial charge in [-0.25, -0.2) is 14.4 Å². The Morgan fingerprint density at radius 1 is 0.750 bits per heavy atom. The smallest absolute Gasteiger partial charge is 0.408 e. The van der Waals surface area contributed by atoms with Crippen molar-refractivity contribution in [1.29, 1.82) is 0 Å². The van der Waals surface area contributed by atoms with Crippen LogP contribution in [0, 0.1) is 0 Å². The maximum Gasteiger partial charge on any atom is 0.408 e. The molecule has 4 aromatic carbocycles. The molecule has 3 N–H and O–H groups in total. The number of hydrogen-bond acceptors (Lipinski definition) is 7. The summed E-state index contributed by atoms with van der Waals surface area (Å²) in [4.78, 5) is 53.3. The number of alkyl carbamates (subject to hydrolysis) is 1. The van der Waals surface area contributed by atoms with Crippen molar-refractivity contribution < 1.29 is 38.9 Å². The molecular weight excluding hydrogens is 583 g/mol. The number of nitrogens with one attached hydrogen (secondary N) is 1. The fourth-order valence-electron chi connectivity index (χ4n) is 5.18. The van der Waals surface area contributed by atoms with Gasteiger partial charge < -0.3 is 25.0 Å². The van der Waals surface area contributed by atoms with Crippen molar-refractivity contribution >= 4 is 52.2 Å². The van der Waals surface area contributed by atoms with Crippen LogP contribution >= 0.6 is 6.89 Å². The van der Waals surface area contributed by atoms with Crippen LogP contribution in [-0.2, 0) is 30.5 Å². The number of benzene rings is 4. The molecular formula is C33H29N2O8P. The van der Waals surface area contributed by atoms with Crippen LogP contribution in [0.4, 0.5) is 4.79 Å². The highest BCUT2D eigenvalue weighted by Crippen LogP contribution is 2.48. The molecule has 44 heavy (non-hydrogen) atoms. The Bertz CT molecular complexity index is 1600. The van der Waals surface area contributed by atoms with Gasteiger partial charge in [0.1, 0.15) is 18.6 Å². The molecule has 10 nitrogen and oxygen atoms in total. The van der Waals surface area contributed by atoms with E-state index in [0.717, 1.165) is 4.90 Å². The molecule has 1 aliphatic heterocycles. The number of carbonyl (C=O) groups excluding carboxylic acids is 3. The lowest BCUT2D eigenvalue weighted by atomic mass is 10.0. The van der Waals surface area contributed by atoms with E-state index in [1.54, 1.807) is 115 Å². The van der Waals surface area contributed by atoms with E-state index in [2.05, 4.69) is 5.32 Å². The molecule has 1 saturated heterocycles. The normalized spacial score (nSPS) is 15.9. The van der Waals surface area contributed by atoms with E-state index in [1.807, 2.05) is 6.07 Å². The number of aliphatic hydroxyl groups excluding tert-OH is 1. The average Bonchev–Trinajstić information content (AvgIpc) is 3.07. The number of ether oxygens (including phenoxy) is 2. The van der Waals surface area contributed by atoms with Crippen LogP contribution in [0.3, 0.4) is 0 Å². The van der Waals surface area contributed by atoms with Gasteiger partial charge in [0.2, 0.25) is 6.23 Å². The van der Waals surface area contributed by atoms with Crippen molar-refractivity contribution in [2.24, 2.45) is 0 Å². The van der Waals surface area contributed by atoms with Gasteiger partial charge in [0, 0.05) is 6.89 Å². The van der Waals surface area contributed by atoms with Gasteiger partial charge in [-0.15, -0.1) is 0 Å². The molecule has 0 radical (unpaired) electrons. The molecule has 11 heteroatoms. The number of carboxylic acid groups (broad SMARTS) is 1. The number of nitrogens with zero attached hydrogens (tertiary/aromatic N) is 1. The standard InChI is InChI=1S/C33H29N2O8P/c36-21-27(37)43-30-28(34-33(41)42-22-23-13-5-1-6-14-23)29(38)35(30)31(32(39)40)44(24-15-7-2-8-16-24,25-17-9-3-10-18-25)26-19-11-4-12-20-26/h1-20,28,30,36H,21-22H2,(H,34,41)(H,39,40)/t28-,30-/m1/s1. The van der Waals surface area contributed by atoms with Crippen molar-refractivity contribution in [2.75, 3.05) is 6.61 Å². The van der Waals surface area contributed by atoms with E-state index in [1.165, 1.54) is 0 Å². The second kappa shape index (κ2) is 13.4. The number of hydrogen-bond donors (Lipinski definition) is 3. The highest BCUT2D eigenvalue weighted by atomic mass is 31.2. The highest BCUT2D eigenvalue weighted by Gasteiger charge is 2.56. The minimum atomic E-state index is -3.36. The SMILES string of the molecule is O=C(CO)O[C@@H]1[C@H](NC(=O)OCc2ccccc2)C(=O)N1C(C(=O)O)=P(c1ccccc1)(c1ccccc1)c1ccccc1. The second-order valence-electron chi connectivity index (χ2n) is 9.74. The molecule has 5 rings (SSSR count). The fourth-order valence-corrected chi connectivity index (χ4v) is 9.49. The molecule has 0 unspecified atom stereocenters. The first kappa shape index (κ1) is 30.3. The molecule has 0 saturated carbocycles. The van der Waals surface area contributed by atoms with E-state index >= 15 is 0 Å². The number of aliphatic hydroxyl groups is 1. The van der Waals surface area contributed by atoms with Gasteiger partial charge in [-0.3, -0.25) is 9.69 Å². The zero-order chi connectivity index (χ0) is 31.1. The van der Waals surface area contributed by atoms with Crippen LogP contribution < -0.4 is 21.2 Å². The van der Waals surface area contributed by atoms with Crippen LogP contribution in [-0.4, -0.2) is 63.3 Å². The van der Waals surface area contributed by atoms with E-state index < -0.39 is 49.7 Å². The lowest BCUT2D eigenvalue weighted by molar-refractivity contribution is -0.183. The van der Waals surface area contributed by atoms with Crippen molar-refractivity contribution in [3.05, 3.63) is 127 Å². The summed E-state index contributed by atoms with van der Waals surface area (Å²) in [5.41, 5.74) is 0.384. The molecule has 2 atom stereocenters. The van der Waals surface area contributed by atoms with E-state index in [0.29, 0.717) is 21.5 Å². The summed E-state index contributed by atoms with van der Waals surface area (Å²) in [6, 6.07) is 34.3. The van der Waals surface area contributed by atoms with Crippen molar-refractivity contribution in [3.8, 4) is 0 Å². The van der Waals surface area contributed by atoms with Crippen LogP contribution in [0.5, 0.6) is 0 Å². The molecule has 0 aromatic heterocycles. The molecule has 1 heterocycles. The van der Waals surface area contributed by atoms with Gasteiger partial charge in [0.05, 0.1) is 0 Å². The topological polar surface area (TPSA) is 142 Å². The van der Waals surface area contributed by atoms with Gasteiger partial charge in [0.15, 0.2) is 6.04 Å². The Kier molecular flexibility index (Phi) is 9.23. The third kappa shape index (κ3) is 5.86. The van der Waals surface area contributed by atoms with Crippen LogP contribution in [0.2, 0.25) is 0 Å². The van der Waals surface area contributed by atoms with Crippen LogP contribution in [0.15, 0.2) is 121 Å². The molecule has 0 spiro atoms. The van der Waals surface area contributed by atoms with Gasteiger partial charge in [0.25, 0.3) is 5.91 Å². The minimum Gasteiger partial charge on any atom is -0.477 e. The molecule has 0 aliphatic carbocycles. The minimum absolute atomic E-state index is 0.0877. The predicted octanol–water partition coefficient (Wildman–Crippen LogP) is 2.19. The number of carbonyl (C=O) groups is 4. The van der Waals surface area contributed by atoms with Crippen molar-refractivity contribution in [1.82, 2.24) is 10.2 Å². The number of carboxylic acids is 1. The van der Waals surface area contributed by atoms with Crippen molar-refractivity contribution in [2.45, 2.75) is 18.9 Å². The first-order chi connectivity index (χ1) is 21.4. The Morgan fingerprint density at radius 3 is 1.64 bits per heavy atom. The molecule has 4 aromatic rings. The summed E-state index contributed by atoms with van der Waals surface area (Å²) >= 11 is 0. The first-order valence-electron chi connectivity index (χ1n) is 13.6. The Morgan fingerprint density at radius 2 is 1.20 bits per heavy atom. The van der Waals surface area contributed by atoms with Crippen LogP contribution in [0.25, 0.3) is 0 Å². The largest absolute Gasteiger partial charge is 0.477 e. The monoisotopic (exact) mass is 612 g/mol. The number of aliphatic carboxylic acids is 1. The lowest BCUT2D eigenvalue weighted by Gasteiger charge is -2.47. The molecule has 2 amide bonds. The summed E-state index contributed by atoms with van der Waals surface area (Å²) < 4.78 is 10.7. The average molecular weight is 613 g/mol. The maximum atomic E-state index is 13.9. The summed E-state index contributed by atoms with van der Waals surface area (Å²) in [6.45, 7) is -4.47. The Balaban J connectivity index is 1.67. The summed E-state index contributed by atoms with van der Waals surface area (Å²) in [5, 5.41) is 24.7. The first-order valence-corrected chi connectivity index (χ1v) is 15.4. The van der Waals surface area contributed by atoms with Crippen LogP contribution in [0.1, 0.15) is 5.56 Å². The molecule has 1 fully saturated rings. The van der Waals surface area contributed by atoms with E-state index in [9.17, 15) is 29.4 Å². The van der Waals surface area contributed by atoms with E-state index in [-0.39, 0.29) is 12.0 Å². The highest BCUT2D eigenvalue weighted by molar-refractivity contribution is 7.96. The summed E-state index contributed by atoms with van der Waals surface area (Å²) in [7, 11) is 0. The van der Waals surface area contributed by atoms with E-state index in [4.69, 9.17) is 9.47 Å². The number of rotatable bonds is 10. The Hall–Kier alpha value is -5.18. The quantitative estimate of drug-likeness (QED) is 0.141. The zero-order valence-corrected chi connectivity index (χ0v) is 24.2. The lowest BCUT2D eigenvalue weighted by Crippen LogP contribution is -2.74. The Labute approximate surface area is 253 Å².